The highest BCUT2D eigenvalue weighted by molar-refractivity contribution is 7.09. The Hall–Kier alpha value is -1.70. The van der Waals surface area contributed by atoms with E-state index in [1.165, 1.54) is 11.3 Å². The van der Waals surface area contributed by atoms with E-state index in [9.17, 15) is 9.59 Å². The second kappa shape index (κ2) is 7.92. The maximum Gasteiger partial charge on any atom is 0.309 e. The van der Waals surface area contributed by atoms with Gasteiger partial charge in [-0.05, 0) is 33.8 Å². The fourth-order valence-corrected chi connectivity index (χ4v) is 3.07. The molecule has 2 rings (SSSR count). The molecule has 21 heavy (non-hydrogen) atoms. The Labute approximate surface area is 130 Å². The highest BCUT2D eigenvalue weighted by Gasteiger charge is 2.17. The third kappa shape index (κ3) is 4.66. The molecule has 2 N–H and O–H groups in total. The lowest BCUT2D eigenvalue weighted by atomic mass is 10.2. The fraction of sp³-hybridized carbons (Fsp3) is 0.286. The third-order valence-electron chi connectivity index (χ3n) is 2.86. The van der Waals surface area contributed by atoms with E-state index in [0.29, 0.717) is 6.54 Å². The molecule has 0 fully saturated rings. The van der Waals surface area contributed by atoms with E-state index in [1.54, 1.807) is 18.4 Å². The van der Waals surface area contributed by atoms with Crippen LogP contribution in [0.4, 0.5) is 0 Å². The van der Waals surface area contributed by atoms with Gasteiger partial charge in [0, 0.05) is 18.5 Å². The van der Waals surface area contributed by atoms with Gasteiger partial charge in [-0.25, -0.2) is 0 Å². The van der Waals surface area contributed by atoms with Gasteiger partial charge in [-0.1, -0.05) is 6.07 Å². The zero-order valence-corrected chi connectivity index (χ0v) is 13.1. The number of carbonyl (C=O) groups excluding carboxylic acids is 2. The van der Waals surface area contributed by atoms with E-state index in [-0.39, 0.29) is 12.6 Å². The predicted molar refractivity (Wildman–Crippen MR) is 83.2 cm³/mol. The lowest BCUT2D eigenvalue weighted by Crippen LogP contribution is -2.41. The number of hydrogen-bond acceptors (Lipinski definition) is 5. The first-order valence-corrected chi connectivity index (χ1v) is 8.16. The zero-order valence-electron chi connectivity index (χ0n) is 11.5. The number of hydrogen-bond donors (Lipinski definition) is 2. The Morgan fingerprint density at radius 3 is 2.67 bits per heavy atom. The molecule has 0 saturated carbocycles. The van der Waals surface area contributed by atoms with E-state index in [2.05, 4.69) is 10.6 Å². The van der Waals surface area contributed by atoms with E-state index in [1.807, 2.05) is 34.3 Å². The normalized spacial score (nSPS) is 11.9. The number of ether oxygens (including phenoxy) is 1. The van der Waals surface area contributed by atoms with Crippen molar-refractivity contribution in [2.24, 2.45) is 0 Å². The summed E-state index contributed by atoms with van der Waals surface area (Å²) >= 11 is 3.09. The molecule has 2 aromatic heterocycles. The largest absolute Gasteiger partial charge is 0.375 e. The number of carbonyl (C=O) groups is 2. The molecule has 0 aromatic carbocycles. The van der Waals surface area contributed by atoms with Crippen LogP contribution in [0.1, 0.15) is 16.5 Å². The standard InChI is InChI=1S/C14H16N2O3S2/c1-19-12(10-4-6-20-9-10)8-16-14(18)13(17)15-7-11-3-2-5-21-11/h2-6,9,12H,7-8H2,1H3,(H,15,17)(H,16,18). The lowest BCUT2D eigenvalue weighted by Gasteiger charge is -2.14. The van der Waals surface area contributed by atoms with Crippen LogP contribution in [0.5, 0.6) is 0 Å². The smallest absolute Gasteiger partial charge is 0.309 e. The summed E-state index contributed by atoms with van der Waals surface area (Å²) in [5.74, 6) is -1.28. The van der Waals surface area contributed by atoms with E-state index >= 15 is 0 Å². The highest BCUT2D eigenvalue weighted by atomic mass is 32.1. The lowest BCUT2D eigenvalue weighted by molar-refractivity contribution is -0.139. The molecule has 0 bridgehead atoms. The summed E-state index contributed by atoms with van der Waals surface area (Å²) in [6, 6.07) is 5.73. The van der Waals surface area contributed by atoms with Crippen molar-refractivity contribution in [1.29, 1.82) is 0 Å². The zero-order chi connectivity index (χ0) is 15.1. The molecule has 2 heterocycles. The first kappa shape index (κ1) is 15.7. The predicted octanol–water partition coefficient (Wildman–Crippen LogP) is 1.93. The maximum atomic E-state index is 11.7. The molecule has 0 aliphatic rings. The second-order valence-corrected chi connectivity index (χ2v) is 6.07. The van der Waals surface area contributed by atoms with Crippen molar-refractivity contribution in [2.75, 3.05) is 13.7 Å². The van der Waals surface area contributed by atoms with Crippen molar-refractivity contribution < 1.29 is 14.3 Å². The fourth-order valence-electron chi connectivity index (χ4n) is 1.72. The molecule has 0 spiro atoms. The monoisotopic (exact) mass is 324 g/mol. The van der Waals surface area contributed by atoms with Gasteiger partial charge in [0.15, 0.2) is 0 Å². The molecule has 5 nitrogen and oxygen atoms in total. The molecule has 0 aliphatic heterocycles. The molecule has 2 amide bonds. The summed E-state index contributed by atoms with van der Waals surface area (Å²) < 4.78 is 5.31. The molecule has 0 aliphatic carbocycles. The van der Waals surface area contributed by atoms with Gasteiger partial charge in [0.25, 0.3) is 0 Å². The molecule has 2 aromatic rings. The van der Waals surface area contributed by atoms with Crippen LogP contribution >= 0.6 is 22.7 Å². The number of methoxy groups -OCH3 is 1. The van der Waals surface area contributed by atoms with Crippen molar-refractivity contribution in [3.63, 3.8) is 0 Å². The van der Waals surface area contributed by atoms with Crippen molar-refractivity contribution in [3.8, 4) is 0 Å². The minimum absolute atomic E-state index is 0.245. The molecule has 112 valence electrons. The van der Waals surface area contributed by atoms with Crippen LogP contribution in [0.2, 0.25) is 0 Å². The third-order valence-corrected chi connectivity index (χ3v) is 4.43. The summed E-state index contributed by atoms with van der Waals surface area (Å²) in [5, 5.41) is 11.0. The first-order chi connectivity index (χ1) is 10.2. The summed E-state index contributed by atoms with van der Waals surface area (Å²) in [6.07, 6.45) is -0.245. The second-order valence-electron chi connectivity index (χ2n) is 4.25. The number of nitrogens with one attached hydrogen (secondary N) is 2. The number of thiophene rings is 2. The van der Waals surface area contributed by atoms with Gasteiger partial charge in [-0.15, -0.1) is 11.3 Å². The summed E-state index contributed by atoms with van der Waals surface area (Å²) in [5.41, 5.74) is 0.988. The Bertz CT molecular complexity index is 567. The van der Waals surface area contributed by atoms with Gasteiger partial charge in [-0.2, -0.15) is 11.3 Å². The van der Waals surface area contributed by atoms with Gasteiger partial charge in [-0.3, -0.25) is 9.59 Å². The Morgan fingerprint density at radius 2 is 2.05 bits per heavy atom. The molecular formula is C14H16N2O3S2. The van der Waals surface area contributed by atoms with Crippen molar-refractivity contribution in [1.82, 2.24) is 10.6 Å². The van der Waals surface area contributed by atoms with Crippen LogP contribution in [0.3, 0.4) is 0 Å². The van der Waals surface area contributed by atoms with Crippen molar-refractivity contribution in [2.45, 2.75) is 12.6 Å². The summed E-state index contributed by atoms with van der Waals surface area (Å²) in [6.45, 7) is 0.626. The molecule has 1 unspecified atom stereocenters. The van der Waals surface area contributed by atoms with E-state index in [0.717, 1.165) is 10.4 Å². The van der Waals surface area contributed by atoms with Gasteiger partial charge >= 0.3 is 11.8 Å². The molecular weight excluding hydrogens is 308 g/mol. The van der Waals surface area contributed by atoms with Gasteiger partial charge in [0.2, 0.25) is 0 Å². The summed E-state index contributed by atoms with van der Waals surface area (Å²) in [7, 11) is 1.57. The van der Waals surface area contributed by atoms with Gasteiger partial charge in [0.1, 0.15) is 6.10 Å². The van der Waals surface area contributed by atoms with Gasteiger partial charge in [0.05, 0.1) is 6.54 Å². The SMILES string of the molecule is COC(CNC(=O)C(=O)NCc1cccs1)c1ccsc1. The Balaban J connectivity index is 1.76. The van der Waals surface area contributed by atoms with Crippen LogP contribution < -0.4 is 10.6 Å². The van der Waals surface area contributed by atoms with Crippen LogP contribution in [0.25, 0.3) is 0 Å². The average Bonchev–Trinajstić information content (AvgIpc) is 3.18. The number of rotatable bonds is 6. The molecule has 0 radical (unpaired) electrons. The molecule has 1 atom stereocenters. The van der Waals surface area contributed by atoms with Crippen molar-refractivity contribution in [3.05, 3.63) is 44.8 Å². The van der Waals surface area contributed by atoms with Crippen LogP contribution in [-0.4, -0.2) is 25.5 Å². The minimum Gasteiger partial charge on any atom is -0.375 e. The number of amides is 2. The van der Waals surface area contributed by atoms with E-state index in [4.69, 9.17) is 4.74 Å². The quantitative estimate of drug-likeness (QED) is 0.798. The molecule has 7 heteroatoms. The summed E-state index contributed by atoms with van der Waals surface area (Å²) in [4.78, 5) is 24.4. The minimum atomic E-state index is -0.649. The Morgan fingerprint density at radius 1 is 1.24 bits per heavy atom. The first-order valence-electron chi connectivity index (χ1n) is 6.34. The van der Waals surface area contributed by atoms with Crippen LogP contribution in [0, 0.1) is 0 Å². The maximum absolute atomic E-state index is 11.7. The Kier molecular flexibility index (Phi) is 5.91. The molecule has 0 saturated heterocycles. The highest BCUT2D eigenvalue weighted by Crippen LogP contribution is 2.18. The van der Waals surface area contributed by atoms with Crippen LogP contribution in [-0.2, 0) is 20.9 Å². The van der Waals surface area contributed by atoms with Gasteiger partial charge < -0.3 is 15.4 Å². The topological polar surface area (TPSA) is 67.4 Å². The van der Waals surface area contributed by atoms with E-state index < -0.39 is 11.8 Å². The average molecular weight is 324 g/mol. The van der Waals surface area contributed by atoms with Crippen LogP contribution in [0.15, 0.2) is 34.3 Å². The van der Waals surface area contributed by atoms with Crippen molar-refractivity contribution >= 4 is 34.5 Å².